The van der Waals surface area contributed by atoms with Crippen molar-refractivity contribution < 1.29 is 9.59 Å². The van der Waals surface area contributed by atoms with Crippen LogP contribution >= 0.6 is 0 Å². The van der Waals surface area contributed by atoms with Crippen molar-refractivity contribution in [2.24, 2.45) is 0 Å². The molecule has 2 rings (SSSR count). The van der Waals surface area contributed by atoms with Gasteiger partial charge in [-0.3, -0.25) is 9.59 Å². The minimum atomic E-state index is -0.281. The number of nitrogens with one attached hydrogen (secondary N) is 2. The number of amides is 2. The number of benzene rings is 1. The van der Waals surface area contributed by atoms with Gasteiger partial charge in [0.2, 0.25) is 5.91 Å². The van der Waals surface area contributed by atoms with Crippen LogP contribution in [0.15, 0.2) is 36.5 Å². The van der Waals surface area contributed by atoms with E-state index in [-0.39, 0.29) is 18.4 Å². The number of carbonyl (C=O) groups is 2. The molecule has 1 heterocycles. The second-order valence-electron chi connectivity index (χ2n) is 6.59. The maximum absolute atomic E-state index is 12.5. The van der Waals surface area contributed by atoms with Gasteiger partial charge in [-0.2, -0.15) is 0 Å². The van der Waals surface area contributed by atoms with E-state index in [1.807, 2.05) is 52.1 Å². The Hall–Kier alpha value is -2.93. The van der Waals surface area contributed by atoms with Crippen LogP contribution in [-0.4, -0.2) is 56.4 Å². The number of hydrogen-bond donors (Lipinski definition) is 2. The third kappa shape index (κ3) is 5.29. The van der Waals surface area contributed by atoms with E-state index in [4.69, 9.17) is 0 Å². The Morgan fingerprint density at radius 2 is 1.73 bits per heavy atom. The van der Waals surface area contributed by atoms with Gasteiger partial charge >= 0.3 is 0 Å². The quantitative estimate of drug-likeness (QED) is 0.831. The molecule has 0 aliphatic rings. The van der Waals surface area contributed by atoms with Crippen LogP contribution in [0.4, 0.5) is 17.2 Å². The first-order valence-electron chi connectivity index (χ1n) is 8.26. The van der Waals surface area contributed by atoms with E-state index in [1.165, 1.54) is 6.20 Å². The number of likely N-dealkylation sites (N-methyl/N-ethyl adjacent to an activating group) is 1. The summed E-state index contributed by atoms with van der Waals surface area (Å²) in [5, 5.41) is 5.69. The fourth-order valence-corrected chi connectivity index (χ4v) is 2.33. The normalized spacial score (nSPS) is 10.5. The van der Waals surface area contributed by atoms with Crippen molar-refractivity contribution in [2.45, 2.75) is 6.92 Å². The van der Waals surface area contributed by atoms with Gasteiger partial charge in [0.1, 0.15) is 5.82 Å². The fourth-order valence-electron chi connectivity index (χ4n) is 2.33. The van der Waals surface area contributed by atoms with Crippen LogP contribution in [0.1, 0.15) is 15.9 Å². The van der Waals surface area contributed by atoms with Crippen LogP contribution in [0, 0.1) is 6.92 Å². The summed E-state index contributed by atoms with van der Waals surface area (Å²) in [4.78, 5) is 32.5. The number of pyridine rings is 1. The zero-order valence-corrected chi connectivity index (χ0v) is 15.8. The number of anilines is 3. The summed E-state index contributed by atoms with van der Waals surface area (Å²) in [5.74, 6) is 0.344. The third-order valence-corrected chi connectivity index (χ3v) is 3.63. The second kappa shape index (κ2) is 8.44. The van der Waals surface area contributed by atoms with Gasteiger partial charge < -0.3 is 20.4 Å². The molecule has 2 aromatic rings. The first-order valence-corrected chi connectivity index (χ1v) is 8.26. The second-order valence-corrected chi connectivity index (χ2v) is 6.59. The molecule has 138 valence electrons. The lowest BCUT2D eigenvalue weighted by Gasteiger charge is -2.15. The molecule has 26 heavy (non-hydrogen) atoms. The average Bonchev–Trinajstić information content (AvgIpc) is 2.56. The van der Waals surface area contributed by atoms with Gasteiger partial charge in [-0.05, 0) is 50.8 Å². The monoisotopic (exact) mass is 355 g/mol. The predicted molar refractivity (Wildman–Crippen MR) is 105 cm³/mol. The zero-order valence-electron chi connectivity index (χ0n) is 15.8. The molecule has 0 aliphatic heterocycles. The third-order valence-electron chi connectivity index (χ3n) is 3.63. The predicted octanol–water partition coefficient (Wildman–Crippen LogP) is 2.21. The standard InChI is InChI=1S/C19H25N5O2/c1-13-6-8-15(21-18(25)12-23(2)3)16(10-13)22-19(26)14-7-9-17(20-11-14)24(4)5/h6-11H,12H2,1-5H3,(H,21,25)(H,22,26). The molecule has 0 fully saturated rings. The summed E-state index contributed by atoms with van der Waals surface area (Å²) in [6.07, 6.45) is 1.53. The lowest BCUT2D eigenvalue weighted by molar-refractivity contribution is -0.116. The van der Waals surface area contributed by atoms with Crippen LogP contribution in [0.5, 0.6) is 0 Å². The number of aryl methyl sites for hydroxylation is 1. The maximum atomic E-state index is 12.5. The molecule has 0 radical (unpaired) electrons. The van der Waals surface area contributed by atoms with Crippen LogP contribution in [-0.2, 0) is 4.79 Å². The molecule has 7 nitrogen and oxygen atoms in total. The van der Waals surface area contributed by atoms with Gasteiger partial charge in [0, 0.05) is 20.3 Å². The Balaban J connectivity index is 2.18. The summed E-state index contributed by atoms with van der Waals surface area (Å²) >= 11 is 0. The number of rotatable bonds is 6. The van der Waals surface area contributed by atoms with Gasteiger partial charge in [-0.15, -0.1) is 0 Å². The van der Waals surface area contributed by atoms with Gasteiger partial charge in [-0.25, -0.2) is 4.98 Å². The number of carbonyl (C=O) groups excluding carboxylic acids is 2. The van der Waals surface area contributed by atoms with E-state index < -0.39 is 0 Å². The van der Waals surface area contributed by atoms with Crippen LogP contribution in [0.25, 0.3) is 0 Å². The summed E-state index contributed by atoms with van der Waals surface area (Å²) in [6.45, 7) is 2.19. The Morgan fingerprint density at radius 3 is 2.31 bits per heavy atom. The van der Waals surface area contributed by atoms with Gasteiger partial charge in [0.15, 0.2) is 0 Å². The Kier molecular flexibility index (Phi) is 6.30. The Labute approximate surface area is 154 Å². The highest BCUT2D eigenvalue weighted by atomic mass is 16.2. The van der Waals surface area contributed by atoms with Crippen molar-refractivity contribution in [2.75, 3.05) is 50.3 Å². The van der Waals surface area contributed by atoms with Crippen molar-refractivity contribution >= 4 is 29.0 Å². The van der Waals surface area contributed by atoms with E-state index in [9.17, 15) is 9.59 Å². The highest BCUT2D eigenvalue weighted by molar-refractivity contribution is 6.07. The molecule has 0 saturated heterocycles. The molecule has 0 spiro atoms. The molecule has 0 aliphatic carbocycles. The average molecular weight is 355 g/mol. The van der Waals surface area contributed by atoms with Crippen molar-refractivity contribution in [3.63, 3.8) is 0 Å². The molecule has 2 N–H and O–H groups in total. The smallest absolute Gasteiger partial charge is 0.257 e. The molecular weight excluding hydrogens is 330 g/mol. The summed E-state index contributed by atoms with van der Waals surface area (Å²) in [5.41, 5.74) is 2.54. The minimum Gasteiger partial charge on any atom is -0.363 e. The summed E-state index contributed by atoms with van der Waals surface area (Å²) < 4.78 is 0. The minimum absolute atomic E-state index is 0.147. The number of aromatic nitrogens is 1. The molecule has 0 atom stereocenters. The highest BCUT2D eigenvalue weighted by Crippen LogP contribution is 2.24. The lowest BCUT2D eigenvalue weighted by atomic mass is 10.1. The van der Waals surface area contributed by atoms with Crippen molar-refractivity contribution in [1.29, 1.82) is 0 Å². The van der Waals surface area contributed by atoms with Crippen molar-refractivity contribution in [3.8, 4) is 0 Å². The van der Waals surface area contributed by atoms with E-state index in [2.05, 4.69) is 15.6 Å². The van der Waals surface area contributed by atoms with Gasteiger partial charge in [0.25, 0.3) is 5.91 Å². The molecule has 0 saturated carbocycles. The van der Waals surface area contributed by atoms with Crippen molar-refractivity contribution in [1.82, 2.24) is 9.88 Å². The summed E-state index contributed by atoms with van der Waals surface area (Å²) in [7, 11) is 7.42. The maximum Gasteiger partial charge on any atom is 0.257 e. The number of nitrogens with zero attached hydrogens (tertiary/aromatic N) is 3. The van der Waals surface area contributed by atoms with E-state index in [0.717, 1.165) is 11.4 Å². The summed E-state index contributed by atoms with van der Waals surface area (Å²) in [6, 6.07) is 8.99. The van der Waals surface area contributed by atoms with Crippen LogP contribution in [0.2, 0.25) is 0 Å². The lowest BCUT2D eigenvalue weighted by Crippen LogP contribution is -2.27. The van der Waals surface area contributed by atoms with Gasteiger partial charge in [-0.1, -0.05) is 6.07 Å². The zero-order chi connectivity index (χ0) is 19.3. The van der Waals surface area contributed by atoms with Gasteiger partial charge in [0.05, 0.1) is 23.5 Å². The van der Waals surface area contributed by atoms with E-state index in [1.54, 1.807) is 23.1 Å². The molecule has 1 aromatic heterocycles. The fraction of sp³-hybridized carbons (Fsp3) is 0.316. The SMILES string of the molecule is Cc1ccc(NC(=O)CN(C)C)c(NC(=O)c2ccc(N(C)C)nc2)c1. The highest BCUT2D eigenvalue weighted by Gasteiger charge is 2.13. The molecule has 0 unspecified atom stereocenters. The topological polar surface area (TPSA) is 77.6 Å². The Bertz CT molecular complexity index is 785. The molecule has 2 amide bonds. The largest absolute Gasteiger partial charge is 0.363 e. The van der Waals surface area contributed by atoms with Crippen molar-refractivity contribution in [3.05, 3.63) is 47.7 Å². The van der Waals surface area contributed by atoms with E-state index in [0.29, 0.717) is 16.9 Å². The Morgan fingerprint density at radius 1 is 1.00 bits per heavy atom. The first-order chi connectivity index (χ1) is 12.3. The molecule has 1 aromatic carbocycles. The van der Waals surface area contributed by atoms with Crippen LogP contribution < -0.4 is 15.5 Å². The molecular formula is C19H25N5O2. The number of hydrogen-bond acceptors (Lipinski definition) is 5. The molecule has 0 bridgehead atoms. The van der Waals surface area contributed by atoms with Crippen LogP contribution in [0.3, 0.4) is 0 Å². The molecule has 7 heteroatoms. The van der Waals surface area contributed by atoms with E-state index >= 15 is 0 Å². The first kappa shape index (κ1) is 19.4.